The van der Waals surface area contributed by atoms with Crippen molar-refractivity contribution in [3.8, 4) is 0 Å². The van der Waals surface area contributed by atoms with Crippen molar-refractivity contribution in [2.75, 3.05) is 30.0 Å². The number of unbranched alkanes of at least 4 members (excludes halogenated alkanes) is 1. The van der Waals surface area contributed by atoms with Crippen LogP contribution in [0.2, 0.25) is 0 Å². The predicted molar refractivity (Wildman–Crippen MR) is 84.2 cm³/mol. The smallest absolute Gasteiger partial charge is 0.191 e. The number of nitrogens with zero attached hydrogens (tertiary/aromatic N) is 2. The summed E-state index contributed by atoms with van der Waals surface area (Å²) in [5, 5.41) is 4.07. The molecule has 0 unspecified atom stereocenters. The van der Waals surface area contributed by atoms with Gasteiger partial charge in [0.2, 0.25) is 0 Å². The Morgan fingerprint density at radius 2 is 2.35 bits per heavy atom. The van der Waals surface area contributed by atoms with Crippen LogP contribution >= 0.6 is 11.8 Å². The van der Waals surface area contributed by atoms with E-state index < -0.39 is 0 Å². The second-order valence-corrected chi connectivity index (χ2v) is 6.09. The van der Waals surface area contributed by atoms with Gasteiger partial charge in [0, 0.05) is 25.0 Å². The van der Waals surface area contributed by atoms with E-state index in [0.717, 1.165) is 36.3 Å². The van der Waals surface area contributed by atoms with E-state index in [1.165, 1.54) is 25.7 Å². The van der Waals surface area contributed by atoms with Crippen LogP contribution in [0.4, 0.5) is 11.6 Å². The first-order valence-electron chi connectivity index (χ1n) is 7.40. The summed E-state index contributed by atoms with van der Waals surface area (Å²) in [6.07, 6.45) is 6.18. The molecule has 1 aromatic rings. The Balaban J connectivity index is 1.86. The third-order valence-corrected chi connectivity index (χ3v) is 4.17. The van der Waals surface area contributed by atoms with Gasteiger partial charge in [-0.1, -0.05) is 25.1 Å². The molecule has 0 spiro atoms. The number of anilines is 2. The average Bonchev–Trinajstić information content (AvgIpc) is 2.46. The molecule has 1 aromatic heterocycles. The highest BCUT2D eigenvalue weighted by Crippen LogP contribution is 2.20. The van der Waals surface area contributed by atoms with Crippen molar-refractivity contribution in [1.82, 2.24) is 9.97 Å². The molecule has 0 aromatic carbocycles. The van der Waals surface area contributed by atoms with E-state index in [-0.39, 0.29) is 6.10 Å². The molecule has 0 bridgehead atoms. The maximum absolute atomic E-state index is 5.84. The first-order chi connectivity index (χ1) is 9.78. The number of hydrogen-bond acceptors (Lipinski definition) is 6. The molecule has 1 aliphatic heterocycles. The van der Waals surface area contributed by atoms with Gasteiger partial charge in [-0.2, -0.15) is 0 Å². The van der Waals surface area contributed by atoms with Gasteiger partial charge in [-0.3, -0.25) is 0 Å². The van der Waals surface area contributed by atoms with Crippen molar-refractivity contribution in [2.24, 2.45) is 0 Å². The molecular formula is C14H24N4OS. The van der Waals surface area contributed by atoms with Gasteiger partial charge >= 0.3 is 0 Å². The van der Waals surface area contributed by atoms with Gasteiger partial charge in [0.05, 0.1) is 6.10 Å². The highest BCUT2D eigenvalue weighted by Gasteiger charge is 2.13. The summed E-state index contributed by atoms with van der Waals surface area (Å²) in [5.41, 5.74) is 5.84. The van der Waals surface area contributed by atoms with Gasteiger partial charge in [-0.25, -0.2) is 9.97 Å². The van der Waals surface area contributed by atoms with Crippen LogP contribution in [-0.4, -0.2) is 35.0 Å². The predicted octanol–water partition coefficient (Wildman–Crippen LogP) is 2.93. The molecule has 0 amide bonds. The lowest BCUT2D eigenvalue weighted by Crippen LogP contribution is -2.27. The SMILES string of the molecule is CCCCSc1nc(N)cc(NC[C@H]2CCCCO2)n1. The van der Waals surface area contributed by atoms with Gasteiger partial charge in [-0.15, -0.1) is 0 Å². The van der Waals surface area contributed by atoms with Crippen molar-refractivity contribution >= 4 is 23.4 Å². The lowest BCUT2D eigenvalue weighted by molar-refractivity contribution is 0.0247. The number of thioether (sulfide) groups is 1. The monoisotopic (exact) mass is 296 g/mol. The van der Waals surface area contributed by atoms with Crippen LogP contribution in [0.1, 0.15) is 39.0 Å². The van der Waals surface area contributed by atoms with Crippen LogP contribution in [0.15, 0.2) is 11.2 Å². The Morgan fingerprint density at radius 3 is 3.10 bits per heavy atom. The lowest BCUT2D eigenvalue weighted by Gasteiger charge is -2.23. The minimum atomic E-state index is 0.288. The Kier molecular flexibility index (Phi) is 6.39. The number of nitrogens with one attached hydrogen (secondary N) is 1. The molecule has 112 valence electrons. The summed E-state index contributed by atoms with van der Waals surface area (Å²) in [7, 11) is 0. The molecular weight excluding hydrogens is 272 g/mol. The van der Waals surface area contributed by atoms with E-state index in [1.807, 2.05) is 0 Å². The fourth-order valence-corrected chi connectivity index (χ4v) is 3.04. The van der Waals surface area contributed by atoms with Gasteiger partial charge in [0.15, 0.2) is 5.16 Å². The molecule has 1 aliphatic rings. The number of ether oxygens (including phenoxy) is 1. The summed E-state index contributed by atoms with van der Waals surface area (Å²) in [5.74, 6) is 2.35. The molecule has 5 nitrogen and oxygen atoms in total. The number of nitrogens with two attached hydrogens (primary N) is 1. The third-order valence-electron chi connectivity index (χ3n) is 3.24. The molecule has 0 radical (unpaired) electrons. The van der Waals surface area contributed by atoms with Gasteiger partial charge in [-0.05, 0) is 25.7 Å². The average molecular weight is 296 g/mol. The van der Waals surface area contributed by atoms with E-state index in [4.69, 9.17) is 10.5 Å². The van der Waals surface area contributed by atoms with Gasteiger partial charge in [0.1, 0.15) is 11.6 Å². The van der Waals surface area contributed by atoms with E-state index in [1.54, 1.807) is 17.8 Å². The summed E-state index contributed by atoms with van der Waals surface area (Å²) >= 11 is 1.66. The van der Waals surface area contributed by atoms with Crippen LogP contribution in [-0.2, 0) is 4.74 Å². The molecule has 2 rings (SSSR count). The highest BCUT2D eigenvalue weighted by atomic mass is 32.2. The molecule has 3 N–H and O–H groups in total. The Hall–Kier alpha value is -1.01. The summed E-state index contributed by atoms with van der Waals surface area (Å²) in [6.45, 7) is 3.84. The molecule has 1 fully saturated rings. The van der Waals surface area contributed by atoms with Crippen molar-refractivity contribution in [3.05, 3.63) is 6.07 Å². The largest absolute Gasteiger partial charge is 0.383 e. The molecule has 0 saturated carbocycles. The standard InChI is InChI=1S/C14H24N4OS/c1-2-3-8-20-14-17-12(15)9-13(18-14)16-10-11-6-4-5-7-19-11/h9,11H,2-8,10H2,1H3,(H3,15,16,17,18)/t11-/m1/s1. The number of rotatable bonds is 7. The third kappa shape index (κ3) is 5.17. The van der Waals surface area contributed by atoms with E-state index >= 15 is 0 Å². The molecule has 2 heterocycles. The maximum Gasteiger partial charge on any atom is 0.191 e. The van der Waals surface area contributed by atoms with E-state index in [9.17, 15) is 0 Å². The maximum atomic E-state index is 5.84. The normalized spacial score (nSPS) is 18.9. The number of aromatic nitrogens is 2. The zero-order chi connectivity index (χ0) is 14.2. The van der Waals surface area contributed by atoms with E-state index in [0.29, 0.717) is 5.82 Å². The van der Waals surface area contributed by atoms with Crippen LogP contribution in [0.5, 0.6) is 0 Å². The first-order valence-corrected chi connectivity index (χ1v) is 8.39. The Labute approximate surface area is 125 Å². The quantitative estimate of drug-likeness (QED) is 0.458. The summed E-state index contributed by atoms with van der Waals surface area (Å²) in [6, 6.07) is 1.78. The fraction of sp³-hybridized carbons (Fsp3) is 0.714. The van der Waals surface area contributed by atoms with Crippen molar-refractivity contribution in [2.45, 2.75) is 50.3 Å². The van der Waals surface area contributed by atoms with Gasteiger partial charge < -0.3 is 15.8 Å². The molecule has 1 atom stereocenters. The van der Waals surface area contributed by atoms with Crippen LogP contribution in [0, 0.1) is 0 Å². The minimum absolute atomic E-state index is 0.288. The van der Waals surface area contributed by atoms with Crippen molar-refractivity contribution in [1.29, 1.82) is 0 Å². The molecule has 1 saturated heterocycles. The second-order valence-electron chi connectivity index (χ2n) is 5.03. The first kappa shape index (κ1) is 15.4. The van der Waals surface area contributed by atoms with Crippen molar-refractivity contribution < 1.29 is 4.74 Å². The number of nitrogen functional groups attached to an aromatic ring is 1. The highest BCUT2D eigenvalue weighted by molar-refractivity contribution is 7.99. The lowest BCUT2D eigenvalue weighted by atomic mass is 10.1. The fourth-order valence-electron chi connectivity index (χ4n) is 2.09. The van der Waals surface area contributed by atoms with Crippen molar-refractivity contribution in [3.63, 3.8) is 0 Å². The molecule has 20 heavy (non-hydrogen) atoms. The topological polar surface area (TPSA) is 73.1 Å². The summed E-state index contributed by atoms with van der Waals surface area (Å²) < 4.78 is 5.70. The summed E-state index contributed by atoms with van der Waals surface area (Å²) in [4.78, 5) is 8.75. The van der Waals surface area contributed by atoms with Crippen LogP contribution in [0.25, 0.3) is 0 Å². The Bertz CT molecular complexity index is 410. The van der Waals surface area contributed by atoms with Crippen LogP contribution in [0.3, 0.4) is 0 Å². The minimum Gasteiger partial charge on any atom is -0.383 e. The van der Waals surface area contributed by atoms with Gasteiger partial charge in [0.25, 0.3) is 0 Å². The molecule has 6 heteroatoms. The van der Waals surface area contributed by atoms with E-state index in [2.05, 4.69) is 22.2 Å². The second kappa shape index (κ2) is 8.32. The Morgan fingerprint density at radius 1 is 1.45 bits per heavy atom. The molecule has 0 aliphatic carbocycles. The zero-order valence-corrected chi connectivity index (χ0v) is 12.9. The number of hydrogen-bond donors (Lipinski definition) is 2. The van der Waals surface area contributed by atoms with Crippen LogP contribution < -0.4 is 11.1 Å². The zero-order valence-electron chi connectivity index (χ0n) is 12.1.